The van der Waals surface area contributed by atoms with Crippen LogP contribution in [0, 0.1) is 21.3 Å². The molecule has 2 aliphatic rings. The van der Waals surface area contributed by atoms with Gasteiger partial charge >= 0.3 is 0 Å². The van der Waals surface area contributed by atoms with Crippen LogP contribution in [0.1, 0.15) is 12.8 Å². The summed E-state index contributed by atoms with van der Waals surface area (Å²) < 4.78 is 1.32. The number of anilines is 1. The van der Waals surface area contributed by atoms with Crippen LogP contribution in [0.3, 0.4) is 0 Å². The molecule has 3 unspecified atom stereocenters. The van der Waals surface area contributed by atoms with Crippen molar-refractivity contribution in [3.63, 3.8) is 0 Å². The molecule has 16 heavy (non-hydrogen) atoms. The molecule has 2 heteroatoms. The summed E-state index contributed by atoms with van der Waals surface area (Å²) in [4.78, 5) is 0. The molecule has 2 bridgehead atoms. The third-order valence-corrected chi connectivity index (χ3v) is 4.79. The molecule has 0 amide bonds. The summed E-state index contributed by atoms with van der Waals surface area (Å²) in [5, 5.41) is 3.60. The molecule has 0 aliphatic heterocycles. The van der Waals surface area contributed by atoms with E-state index in [1.165, 1.54) is 22.1 Å². The van der Waals surface area contributed by atoms with Gasteiger partial charge in [0.25, 0.3) is 0 Å². The zero-order chi connectivity index (χ0) is 11.0. The first-order valence-electron chi connectivity index (χ1n) is 5.99. The molecule has 0 heterocycles. The lowest BCUT2D eigenvalue weighted by molar-refractivity contribution is 0.472. The molecular formula is C14H16IN. The van der Waals surface area contributed by atoms with Crippen LogP contribution >= 0.6 is 22.6 Å². The van der Waals surface area contributed by atoms with E-state index in [1.807, 2.05) is 0 Å². The Bertz CT molecular complexity index is 413. The lowest BCUT2D eigenvalue weighted by Crippen LogP contribution is -2.18. The van der Waals surface area contributed by atoms with Crippen molar-refractivity contribution in [2.45, 2.75) is 12.8 Å². The molecule has 1 nitrogen and oxygen atoms in total. The van der Waals surface area contributed by atoms with Gasteiger partial charge in [-0.1, -0.05) is 24.3 Å². The first-order valence-corrected chi connectivity index (χ1v) is 7.07. The van der Waals surface area contributed by atoms with Crippen molar-refractivity contribution in [1.29, 1.82) is 0 Å². The van der Waals surface area contributed by atoms with Crippen LogP contribution < -0.4 is 5.32 Å². The molecule has 1 aromatic carbocycles. The van der Waals surface area contributed by atoms with Crippen molar-refractivity contribution >= 4 is 28.3 Å². The number of fused-ring (bicyclic) bond motifs is 2. The van der Waals surface area contributed by atoms with Crippen molar-refractivity contribution in [3.05, 3.63) is 40.0 Å². The second-order valence-corrected chi connectivity index (χ2v) is 6.06. The lowest BCUT2D eigenvalue weighted by Gasteiger charge is -2.19. The average molecular weight is 325 g/mol. The molecule has 3 atom stereocenters. The van der Waals surface area contributed by atoms with E-state index in [4.69, 9.17) is 0 Å². The van der Waals surface area contributed by atoms with Crippen LogP contribution in [0.2, 0.25) is 0 Å². The van der Waals surface area contributed by atoms with Crippen LogP contribution in [-0.4, -0.2) is 6.54 Å². The standard InChI is InChI=1S/C14H16IN/c15-13-3-1-2-4-14(13)16-9-12-8-10-5-6-11(12)7-10/h1-6,10-12,16H,7-9H2. The van der Waals surface area contributed by atoms with Gasteiger partial charge in [-0.2, -0.15) is 0 Å². The summed E-state index contributed by atoms with van der Waals surface area (Å²) in [5.41, 5.74) is 1.29. The minimum absolute atomic E-state index is 0.846. The van der Waals surface area contributed by atoms with Crippen molar-refractivity contribution in [2.75, 3.05) is 11.9 Å². The molecule has 1 N–H and O–H groups in total. The number of halogens is 1. The summed E-state index contributed by atoms with van der Waals surface area (Å²) in [6, 6.07) is 8.52. The number of para-hydroxylation sites is 1. The van der Waals surface area contributed by atoms with E-state index < -0.39 is 0 Å². The Morgan fingerprint density at radius 2 is 2.06 bits per heavy atom. The zero-order valence-electron chi connectivity index (χ0n) is 9.20. The Labute approximate surface area is 110 Å². The highest BCUT2D eigenvalue weighted by Gasteiger charge is 2.35. The molecule has 1 aromatic rings. The van der Waals surface area contributed by atoms with E-state index >= 15 is 0 Å². The summed E-state index contributed by atoms with van der Waals surface area (Å²) in [7, 11) is 0. The van der Waals surface area contributed by atoms with Crippen LogP contribution in [0.15, 0.2) is 36.4 Å². The maximum absolute atomic E-state index is 3.60. The van der Waals surface area contributed by atoms with Crippen molar-refractivity contribution in [2.24, 2.45) is 17.8 Å². The maximum Gasteiger partial charge on any atom is 0.0475 e. The van der Waals surface area contributed by atoms with E-state index in [0.717, 1.165) is 24.3 Å². The van der Waals surface area contributed by atoms with Crippen LogP contribution in [0.25, 0.3) is 0 Å². The van der Waals surface area contributed by atoms with Gasteiger partial charge < -0.3 is 5.32 Å². The third-order valence-electron chi connectivity index (χ3n) is 3.84. The van der Waals surface area contributed by atoms with Crippen molar-refractivity contribution in [1.82, 2.24) is 0 Å². The van der Waals surface area contributed by atoms with Crippen molar-refractivity contribution in [3.8, 4) is 0 Å². The second kappa shape index (κ2) is 4.40. The molecule has 84 valence electrons. The fourth-order valence-electron chi connectivity index (χ4n) is 2.97. The van der Waals surface area contributed by atoms with Gasteiger partial charge in [-0.05, 0) is 65.3 Å². The normalized spacial score (nSPS) is 30.9. The third kappa shape index (κ3) is 1.99. The Balaban J connectivity index is 1.61. The van der Waals surface area contributed by atoms with Gasteiger partial charge in [-0.3, -0.25) is 0 Å². The van der Waals surface area contributed by atoms with E-state index in [1.54, 1.807) is 0 Å². The molecule has 1 fully saturated rings. The number of allylic oxidation sites excluding steroid dienone is 2. The van der Waals surface area contributed by atoms with Crippen molar-refractivity contribution < 1.29 is 0 Å². The number of rotatable bonds is 3. The Morgan fingerprint density at radius 1 is 1.19 bits per heavy atom. The molecule has 0 saturated heterocycles. The number of hydrogen-bond donors (Lipinski definition) is 1. The molecule has 0 radical (unpaired) electrons. The average Bonchev–Trinajstić information content (AvgIpc) is 2.90. The molecule has 0 aromatic heterocycles. The van der Waals surface area contributed by atoms with Gasteiger partial charge in [0.05, 0.1) is 0 Å². The highest BCUT2D eigenvalue weighted by atomic mass is 127. The first kappa shape index (κ1) is 10.6. The van der Waals surface area contributed by atoms with Crippen LogP contribution in [0.4, 0.5) is 5.69 Å². The van der Waals surface area contributed by atoms with Crippen LogP contribution in [0.5, 0.6) is 0 Å². The number of hydrogen-bond acceptors (Lipinski definition) is 1. The van der Waals surface area contributed by atoms with E-state index in [-0.39, 0.29) is 0 Å². The number of benzene rings is 1. The van der Waals surface area contributed by atoms with Gasteiger partial charge in [-0.25, -0.2) is 0 Å². The topological polar surface area (TPSA) is 12.0 Å². The molecule has 0 spiro atoms. The van der Waals surface area contributed by atoms with Gasteiger partial charge in [0, 0.05) is 15.8 Å². The van der Waals surface area contributed by atoms with Gasteiger partial charge in [0.15, 0.2) is 0 Å². The summed E-state index contributed by atoms with van der Waals surface area (Å²) in [6.07, 6.45) is 7.62. The fourth-order valence-corrected chi connectivity index (χ4v) is 3.55. The summed E-state index contributed by atoms with van der Waals surface area (Å²) in [5.74, 6) is 2.58. The van der Waals surface area contributed by atoms with E-state index in [0.29, 0.717) is 0 Å². The molecule has 1 saturated carbocycles. The predicted molar refractivity (Wildman–Crippen MR) is 76.5 cm³/mol. The molecule has 3 rings (SSSR count). The summed E-state index contributed by atoms with van der Waals surface area (Å²) in [6.45, 7) is 1.13. The predicted octanol–water partition coefficient (Wildman–Crippen LogP) is 3.92. The van der Waals surface area contributed by atoms with Gasteiger partial charge in [0.1, 0.15) is 0 Å². The first-order chi connectivity index (χ1) is 7.83. The van der Waals surface area contributed by atoms with Gasteiger partial charge in [-0.15, -0.1) is 0 Å². The zero-order valence-corrected chi connectivity index (χ0v) is 11.4. The Kier molecular flexibility index (Phi) is 2.92. The Morgan fingerprint density at radius 3 is 2.75 bits per heavy atom. The van der Waals surface area contributed by atoms with E-state index in [9.17, 15) is 0 Å². The highest BCUT2D eigenvalue weighted by Crippen LogP contribution is 2.43. The SMILES string of the molecule is Ic1ccccc1NCC1CC2C=CC1C2. The largest absolute Gasteiger partial charge is 0.384 e. The van der Waals surface area contributed by atoms with Crippen LogP contribution in [-0.2, 0) is 0 Å². The maximum atomic E-state index is 3.60. The smallest absolute Gasteiger partial charge is 0.0475 e. The fraction of sp³-hybridized carbons (Fsp3) is 0.429. The molecular weight excluding hydrogens is 309 g/mol. The minimum atomic E-state index is 0.846. The second-order valence-electron chi connectivity index (χ2n) is 4.90. The van der Waals surface area contributed by atoms with Gasteiger partial charge in [0.2, 0.25) is 0 Å². The quantitative estimate of drug-likeness (QED) is 0.656. The monoisotopic (exact) mass is 325 g/mol. The number of nitrogens with one attached hydrogen (secondary N) is 1. The molecule has 2 aliphatic carbocycles. The summed E-state index contributed by atoms with van der Waals surface area (Å²) >= 11 is 2.39. The minimum Gasteiger partial charge on any atom is -0.384 e. The van der Waals surface area contributed by atoms with E-state index in [2.05, 4.69) is 64.3 Å². The highest BCUT2D eigenvalue weighted by molar-refractivity contribution is 14.1. The lowest BCUT2D eigenvalue weighted by atomic mass is 9.93. The Hall–Kier alpha value is -0.510.